The molecule has 1 aliphatic heterocycles. The number of rotatable bonds is 5. The molecule has 0 amide bonds. The largest absolute Gasteiger partial charge is 0.493 e. The van der Waals surface area contributed by atoms with Crippen molar-refractivity contribution in [2.45, 2.75) is 38.4 Å². The summed E-state index contributed by atoms with van der Waals surface area (Å²) >= 11 is 0. The number of likely N-dealkylation sites (tertiary alicyclic amines) is 1. The number of hydrogen-bond donors (Lipinski definition) is 1. The molecule has 1 aromatic carbocycles. The van der Waals surface area contributed by atoms with Gasteiger partial charge in [0.2, 0.25) is 5.75 Å². The summed E-state index contributed by atoms with van der Waals surface area (Å²) in [5.74, 6) is 2.04. The van der Waals surface area contributed by atoms with Crippen molar-refractivity contribution < 1.29 is 14.2 Å². The van der Waals surface area contributed by atoms with Crippen LogP contribution in [0.5, 0.6) is 17.2 Å². The topological polar surface area (TPSA) is 57.0 Å². The minimum atomic E-state index is 0.330. The molecule has 0 unspecified atom stereocenters. The highest BCUT2D eigenvalue weighted by Gasteiger charge is 2.24. The maximum atomic E-state index is 6.03. The fraction of sp³-hybridized carbons (Fsp3) is 0.625. The summed E-state index contributed by atoms with van der Waals surface area (Å²) in [6, 6.07) is 4.86. The number of ether oxygens (including phenoxy) is 3. The number of benzene rings is 1. The van der Waals surface area contributed by atoms with Crippen molar-refractivity contribution in [1.82, 2.24) is 4.90 Å². The molecule has 1 aromatic rings. The average molecular weight is 294 g/mol. The minimum absolute atomic E-state index is 0.330. The first-order valence-corrected chi connectivity index (χ1v) is 7.37. The molecule has 5 heteroatoms. The molecule has 2 N–H and O–H groups in total. The Kier molecular flexibility index (Phi) is 5.31. The third kappa shape index (κ3) is 3.60. The van der Waals surface area contributed by atoms with E-state index in [0.29, 0.717) is 29.3 Å². The van der Waals surface area contributed by atoms with Gasteiger partial charge in [0.15, 0.2) is 11.5 Å². The number of hydrogen-bond acceptors (Lipinski definition) is 5. The first-order valence-electron chi connectivity index (χ1n) is 7.37. The smallest absolute Gasteiger partial charge is 0.203 e. The highest BCUT2D eigenvalue weighted by molar-refractivity contribution is 5.53. The molecule has 0 spiro atoms. The maximum absolute atomic E-state index is 6.03. The summed E-state index contributed by atoms with van der Waals surface area (Å²) in [6.45, 7) is 4.13. The van der Waals surface area contributed by atoms with E-state index in [1.807, 2.05) is 12.1 Å². The normalized spacial score (nSPS) is 22.9. The van der Waals surface area contributed by atoms with Crippen molar-refractivity contribution in [2.24, 2.45) is 5.73 Å². The Bertz CT molecular complexity index is 454. The van der Waals surface area contributed by atoms with Gasteiger partial charge in [-0.25, -0.2) is 0 Å². The predicted molar refractivity (Wildman–Crippen MR) is 83.2 cm³/mol. The quantitative estimate of drug-likeness (QED) is 0.900. The van der Waals surface area contributed by atoms with Crippen LogP contribution < -0.4 is 19.9 Å². The Morgan fingerprint density at radius 3 is 2.24 bits per heavy atom. The molecular formula is C16H26N2O3. The van der Waals surface area contributed by atoms with Crippen LogP contribution in [-0.4, -0.2) is 44.9 Å². The Morgan fingerprint density at radius 2 is 1.76 bits per heavy atom. The molecule has 5 nitrogen and oxygen atoms in total. The molecule has 1 saturated heterocycles. The molecule has 21 heavy (non-hydrogen) atoms. The second-order valence-electron chi connectivity index (χ2n) is 5.64. The van der Waals surface area contributed by atoms with E-state index < -0.39 is 0 Å². The molecule has 0 aromatic heterocycles. The Morgan fingerprint density at radius 1 is 1.14 bits per heavy atom. The SMILES string of the molecule is COc1cc(CN2CC[C@@H](N)C[C@H]2C)cc(OC)c1OC. The summed E-state index contributed by atoms with van der Waals surface area (Å²) < 4.78 is 16.2. The maximum Gasteiger partial charge on any atom is 0.203 e. The van der Waals surface area contributed by atoms with Gasteiger partial charge in [-0.2, -0.15) is 0 Å². The molecule has 1 heterocycles. The zero-order valence-electron chi connectivity index (χ0n) is 13.4. The minimum Gasteiger partial charge on any atom is -0.493 e. The summed E-state index contributed by atoms with van der Waals surface area (Å²) in [5.41, 5.74) is 7.19. The van der Waals surface area contributed by atoms with Crippen molar-refractivity contribution >= 4 is 0 Å². The van der Waals surface area contributed by atoms with Crippen LogP contribution in [0.25, 0.3) is 0 Å². The van der Waals surface area contributed by atoms with Gasteiger partial charge >= 0.3 is 0 Å². The third-order valence-electron chi connectivity index (χ3n) is 4.16. The van der Waals surface area contributed by atoms with Gasteiger partial charge in [0.05, 0.1) is 21.3 Å². The number of piperidine rings is 1. The fourth-order valence-electron chi connectivity index (χ4n) is 2.95. The van der Waals surface area contributed by atoms with Crippen LogP contribution in [0.1, 0.15) is 25.3 Å². The van der Waals surface area contributed by atoms with Crippen LogP contribution in [0.4, 0.5) is 0 Å². The monoisotopic (exact) mass is 294 g/mol. The van der Waals surface area contributed by atoms with Crippen molar-refractivity contribution in [3.8, 4) is 17.2 Å². The van der Waals surface area contributed by atoms with E-state index in [2.05, 4.69) is 11.8 Å². The van der Waals surface area contributed by atoms with Crippen LogP contribution in [0.3, 0.4) is 0 Å². The van der Waals surface area contributed by atoms with Crippen LogP contribution in [0.15, 0.2) is 12.1 Å². The molecule has 2 rings (SSSR count). The second-order valence-corrected chi connectivity index (χ2v) is 5.64. The van der Waals surface area contributed by atoms with Crippen molar-refractivity contribution in [3.63, 3.8) is 0 Å². The van der Waals surface area contributed by atoms with E-state index in [-0.39, 0.29) is 0 Å². The Labute approximate surface area is 127 Å². The zero-order chi connectivity index (χ0) is 15.4. The van der Waals surface area contributed by atoms with E-state index in [0.717, 1.165) is 31.5 Å². The molecule has 0 saturated carbocycles. The van der Waals surface area contributed by atoms with Crippen molar-refractivity contribution in [1.29, 1.82) is 0 Å². The van der Waals surface area contributed by atoms with Crippen molar-refractivity contribution in [2.75, 3.05) is 27.9 Å². The van der Waals surface area contributed by atoms with Gasteiger partial charge in [-0.15, -0.1) is 0 Å². The second kappa shape index (κ2) is 7.00. The molecule has 118 valence electrons. The van der Waals surface area contributed by atoms with Gasteiger partial charge in [0.1, 0.15) is 0 Å². The van der Waals surface area contributed by atoms with Gasteiger partial charge in [-0.3, -0.25) is 4.90 Å². The Hall–Kier alpha value is -1.46. The van der Waals surface area contributed by atoms with E-state index in [1.54, 1.807) is 21.3 Å². The van der Waals surface area contributed by atoms with Gasteiger partial charge < -0.3 is 19.9 Å². The number of nitrogens with two attached hydrogens (primary N) is 1. The van der Waals surface area contributed by atoms with E-state index in [1.165, 1.54) is 0 Å². The lowest BCUT2D eigenvalue weighted by atomic mass is 9.98. The summed E-state index contributed by atoms with van der Waals surface area (Å²) in [7, 11) is 4.90. The fourth-order valence-corrected chi connectivity index (χ4v) is 2.95. The van der Waals surface area contributed by atoms with E-state index in [4.69, 9.17) is 19.9 Å². The first-order chi connectivity index (χ1) is 10.1. The highest BCUT2D eigenvalue weighted by atomic mass is 16.5. The molecular weight excluding hydrogens is 268 g/mol. The van der Waals surface area contributed by atoms with E-state index >= 15 is 0 Å². The lowest BCUT2D eigenvalue weighted by Crippen LogP contribution is -2.44. The predicted octanol–water partition coefficient (Wildman–Crippen LogP) is 2.02. The number of methoxy groups -OCH3 is 3. The van der Waals surface area contributed by atoms with E-state index in [9.17, 15) is 0 Å². The summed E-state index contributed by atoms with van der Waals surface area (Å²) in [6.07, 6.45) is 2.10. The zero-order valence-corrected chi connectivity index (χ0v) is 13.4. The van der Waals surface area contributed by atoms with Gasteiger partial charge in [0, 0.05) is 25.2 Å². The first kappa shape index (κ1) is 15.9. The van der Waals surface area contributed by atoms with Crippen LogP contribution in [-0.2, 0) is 6.54 Å². The molecule has 1 fully saturated rings. The lowest BCUT2D eigenvalue weighted by Gasteiger charge is -2.36. The standard InChI is InChI=1S/C16H26N2O3/c1-11-7-13(17)5-6-18(11)10-12-8-14(19-2)16(21-4)15(9-12)20-3/h8-9,11,13H,5-7,10,17H2,1-4H3/t11-,13-/m1/s1. The van der Waals surface area contributed by atoms with Gasteiger partial charge in [-0.1, -0.05) is 0 Å². The van der Waals surface area contributed by atoms with Gasteiger partial charge in [-0.05, 0) is 37.5 Å². The van der Waals surface area contributed by atoms with Crippen LogP contribution in [0, 0.1) is 0 Å². The van der Waals surface area contributed by atoms with Crippen LogP contribution in [0.2, 0.25) is 0 Å². The molecule has 0 bridgehead atoms. The highest BCUT2D eigenvalue weighted by Crippen LogP contribution is 2.38. The van der Waals surface area contributed by atoms with Crippen LogP contribution >= 0.6 is 0 Å². The average Bonchev–Trinajstić information content (AvgIpc) is 2.49. The number of nitrogens with zero attached hydrogens (tertiary/aromatic N) is 1. The molecule has 2 atom stereocenters. The summed E-state index contributed by atoms with van der Waals surface area (Å²) in [4.78, 5) is 2.45. The molecule has 0 radical (unpaired) electrons. The summed E-state index contributed by atoms with van der Waals surface area (Å²) in [5, 5.41) is 0. The third-order valence-corrected chi connectivity index (χ3v) is 4.16. The van der Waals surface area contributed by atoms with Crippen molar-refractivity contribution in [3.05, 3.63) is 17.7 Å². The lowest BCUT2D eigenvalue weighted by molar-refractivity contribution is 0.139. The Balaban J connectivity index is 2.20. The molecule has 1 aliphatic rings. The van der Waals surface area contributed by atoms with Gasteiger partial charge in [0.25, 0.3) is 0 Å². The molecule has 0 aliphatic carbocycles.